The van der Waals surface area contributed by atoms with Gasteiger partial charge in [-0.15, -0.1) is 0 Å². The zero-order valence-electron chi connectivity index (χ0n) is 9.73. The molecule has 2 rings (SSSR count). The largest absolute Gasteiger partial charge is 0.393 e. The van der Waals surface area contributed by atoms with Crippen LogP contribution in [-0.2, 0) is 0 Å². The molecule has 0 radical (unpaired) electrons. The number of aliphatic hydroxyl groups is 1. The van der Waals surface area contributed by atoms with Crippen LogP contribution in [0.2, 0.25) is 5.02 Å². The molecule has 1 N–H and O–H groups in total. The molecular weight excluding hydrogens is 236 g/mol. The first-order chi connectivity index (χ1) is 8.11. The number of aliphatic hydroxyl groups excluding tert-OH is 1. The molecule has 0 atom stereocenters. The normalized spacial score (nSPS) is 22.7. The van der Waals surface area contributed by atoms with E-state index in [2.05, 4.69) is 6.07 Å². The Balaban J connectivity index is 2.11. The first-order valence-electron chi connectivity index (χ1n) is 5.69. The Labute approximate surface area is 106 Å². The first-order valence-corrected chi connectivity index (χ1v) is 6.07. The lowest BCUT2D eigenvalue weighted by Gasteiger charge is -2.35. The Kier molecular flexibility index (Phi) is 3.56. The predicted molar refractivity (Wildman–Crippen MR) is 68.2 cm³/mol. The maximum Gasteiger partial charge on any atom is 0.103 e. The molecule has 3 nitrogen and oxygen atoms in total. The van der Waals surface area contributed by atoms with E-state index in [1.54, 1.807) is 6.07 Å². The summed E-state index contributed by atoms with van der Waals surface area (Å²) in [6.45, 7) is 0.853. The molecule has 0 saturated heterocycles. The minimum Gasteiger partial charge on any atom is -0.393 e. The fourth-order valence-corrected chi connectivity index (χ4v) is 2.49. The molecule has 4 heteroatoms. The third-order valence-electron chi connectivity index (χ3n) is 3.26. The second kappa shape index (κ2) is 4.95. The number of nitriles is 1. The van der Waals surface area contributed by atoms with Gasteiger partial charge in [0.2, 0.25) is 0 Å². The highest BCUT2D eigenvalue weighted by atomic mass is 35.5. The summed E-state index contributed by atoms with van der Waals surface area (Å²) < 4.78 is 0. The lowest BCUT2D eigenvalue weighted by atomic mass is 9.82. The van der Waals surface area contributed by atoms with E-state index in [4.69, 9.17) is 16.9 Å². The number of benzene rings is 1. The second-order valence-electron chi connectivity index (χ2n) is 4.62. The van der Waals surface area contributed by atoms with Gasteiger partial charge in [-0.3, -0.25) is 0 Å². The number of rotatable bonds is 3. The van der Waals surface area contributed by atoms with Crippen LogP contribution in [0.4, 0.5) is 5.69 Å². The minimum absolute atomic E-state index is 0.136. The number of hydrogen-bond donors (Lipinski definition) is 1. The summed E-state index contributed by atoms with van der Waals surface area (Å²) in [5.74, 6) is 0.514. The Hall–Kier alpha value is -1.24. The van der Waals surface area contributed by atoms with E-state index in [1.807, 2.05) is 24.1 Å². The average Bonchev–Trinajstić information content (AvgIpc) is 2.26. The van der Waals surface area contributed by atoms with E-state index in [1.165, 1.54) is 0 Å². The van der Waals surface area contributed by atoms with Crippen molar-refractivity contribution in [3.63, 3.8) is 0 Å². The van der Waals surface area contributed by atoms with E-state index in [-0.39, 0.29) is 6.10 Å². The molecule has 17 heavy (non-hydrogen) atoms. The fraction of sp³-hybridized carbons (Fsp3) is 0.462. The van der Waals surface area contributed by atoms with Crippen molar-refractivity contribution < 1.29 is 5.11 Å². The smallest absolute Gasteiger partial charge is 0.103 e. The highest BCUT2D eigenvalue weighted by Gasteiger charge is 2.28. The van der Waals surface area contributed by atoms with Gasteiger partial charge < -0.3 is 10.0 Å². The van der Waals surface area contributed by atoms with Gasteiger partial charge >= 0.3 is 0 Å². The molecule has 90 valence electrons. The third-order valence-corrected chi connectivity index (χ3v) is 3.57. The molecular formula is C13H15ClN2O. The SMILES string of the molecule is CN(CC1CC(O)C1)c1cccc(Cl)c1C#N. The Morgan fingerprint density at radius 1 is 1.53 bits per heavy atom. The van der Waals surface area contributed by atoms with Gasteiger partial charge in [-0.2, -0.15) is 5.26 Å². The molecule has 0 aliphatic heterocycles. The van der Waals surface area contributed by atoms with E-state index in [0.717, 1.165) is 25.1 Å². The Bertz CT molecular complexity index is 449. The standard InChI is InChI=1S/C13H15ClN2O/c1-16(8-9-5-10(17)6-9)13-4-2-3-12(14)11(13)7-15/h2-4,9-10,17H,5-6,8H2,1H3. The lowest BCUT2D eigenvalue weighted by Crippen LogP contribution is -2.37. The molecule has 0 bridgehead atoms. The maximum atomic E-state index is 9.25. The van der Waals surface area contributed by atoms with E-state index in [0.29, 0.717) is 16.5 Å². The van der Waals surface area contributed by atoms with Gasteiger partial charge in [0.1, 0.15) is 6.07 Å². The van der Waals surface area contributed by atoms with Crippen LogP contribution < -0.4 is 4.90 Å². The van der Waals surface area contributed by atoms with Crippen LogP contribution in [0.15, 0.2) is 18.2 Å². The van der Waals surface area contributed by atoms with Crippen molar-refractivity contribution in [3.05, 3.63) is 28.8 Å². The summed E-state index contributed by atoms with van der Waals surface area (Å²) in [5, 5.41) is 18.8. The fourth-order valence-electron chi connectivity index (χ4n) is 2.28. The molecule has 1 fully saturated rings. The quantitative estimate of drug-likeness (QED) is 0.896. The average molecular weight is 251 g/mol. The maximum absolute atomic E-state index is 9.25. The van der Waals surface area contributed by atoms with Gasteiger partial charge in [0.15, 0.2) is 0 Å². The minimum atomic E-state index is -0.136. The van der Waals surface area contributed by atoms with Gasteiger partial charge in [0, 0.05) is 13.6 Å². The van der Waals surface area contributed by atoms with Crippen LogP contribution in [0, 0.1) is 17.2 Å². The van der Waals surface area contributed by atoms with Crippen LogP contribution in [-0.4, -0.2) is 24.8 Å². The summed E-state index contributed by atoms with van der Waals surface area (Å²) in [7, 11) is 1.96. The Morgan fingerprint density at radius 3 is 2.82 bits per heavy atom. The summed E-state index contributed by atoms with van der Waals surface area (Å²) in [6.07, 6.45) is 1.57. The van der Waals surface area contributed by atoms with Crippen LogP contribution in [0.3, 0.4) is 0 Å². The molecule has 1 aliphatic rings. The Morgan fingerprint density at radius 2 is 2.24 bits per heavy atom. The number of hydrogen-bond acceptors (Lipinski definition) is 3. The van der Waals surface area contributed by atoms with Crippen molar-refractivity contribution in [2.45, 2.75) is 18.9 Å². The molecule has 1 aliphatic carbocycles. The van der Waals surface area contributed by atoms with Crippen molar-refractivity contribution in [2.24, 2.45) is 5.92 Å². The monoisotopic (exact) mass is 250 g/mol. The molecule has 1 aromatic rings. The van der Waals surface area contributed by atoms with Crippen molar-refractivity contribution in [2.75, 3.05) is 18.5 Å². The topological polar surface area (TPSA) is 47.3 Å². The summed E-state index contributed by atoms with van der Waals surface area (Å²) in [4.78, 5) is 2.04. The zero-order valence-corrected chi connectivity index (χ0v) is 10.5. The van der Waals surface area contributed by atoms with Crippen LogP contribution in [0.1, 0.15) is 18.4 Å². The molecule has 1 saturated carbocycles. The van der Waals surface area contributed by atoms with Crippen molar-refractivity contribution in [3.8, 4) is 6.07 Å². The van der Waals surface area contributed by atoms with E-state index < -0.39 is 0 Å². The predicted octanol–water partition coefficient (Wildman–Crippen LogP) is 2.42. The molecule has 0 spiro atoms. The van der Waals surface area contributed by atoms with Crippen LogP contribution in [0.5, 0.6) is 0 Å². The summed E-state index contributed by atoms with van der Waals surface area (Å²) in [5.41, 5.74) is 1.39. The molecule has 1 aromatic carbocycles. The molecule has 0 unspecified atom stereocenters. The van der Waals surface area contributed by atoms with Gasteiger partial charge in [-0.25, -0.2) is 0 Å². The number of halogens is 1. The van der Waals surface area contributed by atoms with Crippen molar-refractivity contribution in [1.29, 1.82) is 5.26 Å². The van der Waals surface area contributed by atoms with Crippen molar-refractivity contribution in [1.82, 2.24) is 0 Å². The van der Waals surface area contributed by atoms with Gasteiger partial charge in [0.05, 0.1) is 22.4 Å². The van der Waals surface area contributed by atoms with E-state index >= 15 is 0 Å². The third kappa shape index (κ3) is 2.54. The van der Waals surface area contributed by atoms with E-state index in [9.17, 15) is 5.11 Å². The highest BCUT2D eigenvalue weighted by Crippen LogP contribution is 2.31. The lowest BCUT2D eigenvalue weighted by molar-refractivity contribution is 0.0465. The summed E-state index contributed by atoms with van der Waals surface area (Å²) in [6, 6.07) is 7.62. The molecule has 0 aromatic heterocycles. The number of anilines is 1. The first kappa shape index (κ1) is 12.2. The van der Waals surface area contributed by atoms with Gasteiger partial charge in [-0.05, 0) is 30.9 Å². The van der Waals surface area contributed by atoms with Crippen LogP contribution in [0.25, 0.3) is 0 Å². The van der Waals surface area contributed by atoms with Crippen LogP contribution >= 0.6 is 11.6 Å². The zero-order chi connectivity index (χ0) is 12.4. The van der Waals surface area contributed by atoms with Gasteiger partial charge in [-0.1, -0.05) is 17.7 Å². The highest BCUT2D eigenvalue weighted by molar-refractivity contribution is 6.32. The van der Waals surface area contributed by atoms with Crippen molar-refractivity contribution >= 4 is 17.3 Å². The summed E-state index contributed by atoms with van der Waals surface area (Å²) >= 11 is 5.99. The second-order valence-corrected chi connectivity index (χ2v) is 5.02. The van der Waals surface area contributed by atoms with Gasteiger partial charge in [0.25, 0.3) is 0 Å². The molecule has 0 heterocycles. The molecule has 0 amide bonds. The number of nitrogens with zero attached hydrogens (tertiary/aromatic N) is 2.